The van der Waals surface area contributed by atoms with Gasteiger partial charge < -0.3 is 16.8 Å². The molecule has 14 heteroatoms. The lowest BCUT2D eigenvalue weighted by Crippen LogP contribution is -2.28. The second-order valence-electron chi connectivity index (χ2n) is 6.92. The van der Waals surface area contributed by atoms with E-state index in [1.807, 2.05) is 6.07 Å². The van der Waals surface area contributed by atoms with Crippen LogP contribution in [0.25, 0.3) is 16.7 Å². The number of nitrogens with one attached hydrogen (secondary N) is 2. The summed E-state index contributed by atoms with van der Waals surface area (Å²) in [6.07, 6.45) is -3.36. The molecule has 3 heterocycles. The second kappa shape index (κ2) is 7.79. The van der Waals surface area contributed by atoms with Crippen LogP contribution < -0.4 is 22.3 Å². The third-order valence-electron chi connectivity index (χ3n) is 4.76. The van der Waals surface area contributed by atoms with E-state index in [-0.39, 0.29) is 40.2 Å². The molecule has 1 aromatic carbocycles. The predicted octanol–water partition coefficient (Wildman–Crippen LogP) is 2.13. The molecule has 0 radical (unpaired) electrons. The van der Waals surface area contributed by atoms with Gasteiger partial charge >= 0.3 is 6.18 Å². The van der Waals surface area contributed by atoms with Crippen molar-refractivity contribution < 1.29 is 13.2 Å². The molecule has 0 saturated heterocycles. The molecule has 4 aromatic rings. The Balaban J connectivity index is 1.97. The first-order valence-corrected chi connectivity index (χ1v) is 9.34. The normalized spacial score (nSPS) is 12.5. The van der Waals surface area contributed by atoms with E-state index in [0.29, 0.717) is 0 Å². The molecular formula is C19H15F3N10O. The van der Waals surface area contributed by atoms with E-state index in [2.05, 4.69) is 30.5 Å². The number of anilines is 3. The molecule has 33 heavy (non-hydrogen) atoms. The number of nitriles is 1. The van der Waals surface area contributed by atoms with Crippen molar-refractivity contribution in [3.05, 3.63) is 57.8 Å². The van der Waals surface area contributed by atoms with Crippen LogP contribution >= 0.6 is 0 Å². The molecule has 0 fully saturated rings. The first-order chi connectivity index (χ1) is 15.6. The Morgan fingerprint density at radius 3 is 2.61 bits per heavy atom. The van der Waals surface area contributed by atoms with Crippen LogP contribution in [0.3, 0.4) is 0 Å². The van der Waals surface area contributed by atoms with Crippen LogP contribution in [0.2, 0.25) is 0 Å². The number of aromatic amines is 1. The van der Waals surface area contributed by atoms with Crippen LogP contribution in [0, 0.1) is 11.3 Å². The number of rotatable bonds is 4. The highest BCUT2D eigenvalue weighted by Gasteiger charge is 2.34. The maximum absolute atomic E-state index is 13.6. The quantitative estimate of drug-likeness (QED) is 0.358. The standard InChI is InChI=1S/C19H15F3N10O/c1-8(27-15-10(7-23)14(24)29-18(25)30-15)16-28-13-9(3-2-4-11(13)19(20,21)22)17(33)32(16)12-5-6-26-31-12/h2-6,8H,1H3,(H,26,31)(H5,24,25,27,29,30)/t8-/m0/s1. The molecular weight excluding hydrogens is 441 g/mol. The molecule has 0 aliphatic carbocycles. The predicted molar refractivity (Wildman–Crippen MR) is 112 cm³/mol. The molecule has 0 aliphatic rings. The van der Waals surface area contributed by atoms with Crippen molar-refractivity contribution in [2.75, 3.05) is 16.8 Å². The van der Waals surface area contributed by atoms with Crippen molar-refractivity contribution in [1.29, 1.82) is 5.26 Å². The molecule has 0 unspecified atom stereocenters. The van der Waals surface area contributed by atoms with Crippen LogP contribution in [0.5, 0.6) is 0 Å². The largest absolute Gasteiger partial charge is 0.418 e. The molecule has 168 valence electrons. The fourth-order valence-electron chi connectivity index (χ4n) is 3.33. The highest BCUT2D eigenvalue weighted by atomic mass is 19.4. The minimum atomic E-state index is -4.74. The molecule has 0 aliphatic heterocycles. The summed E-state index contributed by atoms with van der Waals surface area (Å²) in [6, 6.07) is 5.60. The van der Waals surface area contributed by atoms with Gasteiger partial charge in [-0.2, -0.15) is 33.5 Å². The summed E-state index contributed by atoms with van der Waals surface area (Å²) >= 11 is 0. The number of H-pyrrole nitrogens is 1. The van der Waals surface area contributed by atoms with Crippen molar-refractivity contribution in [2.24, 2.45) is 0 Å². The first kappa shape index (κ1) is 21.6. The second-order valence-corrected chi connectivity index (χ2v) is 6.92. The summed E-state index contributed by atoms with van der Waals surface area (Å²) < 4.78 is 42.0. The number of nitrogens with two attached hydrogens (primary N) is 2. The van der Waals surface area contributed by atoms with E-state index in [4.69, 9.17) is 11.5 Å². The molecule has 0 amide bonds. The maximum Gasteiger partial charge on any atom is 0.418 e. The molecule has 0 bridgehead atoms. The fourth-order valence-corrected chi connectivity index (χ4v) is 3.33. The Hall–Kier alpha value is -4.67. The topological polar surface area (TPSA) is 177 Å². The molecule has 11 nitrogen and oxygen atoms in total. The zero-order valence-electron chi connectivity index (χ0n) is 16.8. The number of hydrogen-bond donors (Lipinski definition) is 4. The van der Waals surface area contributed by atoms with Crippen molar-refractivity contribution >= 4 is 28.5 Å². The van der Waals surface area contributed by atoms with Gasteiger partial charge in [-0.15, -0.1) is 0 Å². The van der Waals surface area contributed by atoms with Gasteiger partial charge in [0.15, 0.2) is 5.82 Å². The van der Waals surface area contributed by atoms with Gasteiger partial charge in [-0.25, -0.2) is 9.55 Å². The van der Waals surface area contributed by atoms with Crippen LogP contribution in [-0.4, -0.2) is 29.7 Å². The van der Waals surface area contributed by atoms with Crippen LogP contribution in [0.15, 0.2) is 35.3 Å². The number of hydrogen-bond acceptors (Lipinski definition) is 9. The van der Waals surface area contributed by atoms with Gasteiger partial charge in [0, 0.05) is 6.07 Å². The third-order valence-corrected chi connectivity index (χ3v) is 4.76. The number of alkyl halides is 3. The maximum atomic E-state index is 13.6. The number of nitrogen functional groups attached to an aromatic ring is 2. The van der Waals surface area contributed by atoms with Gasteiger partial charge in [-0.3, -0.25) is 9.89 Å². The van der Waals surface area contributed by atoms with Crippen molar-refractivity contribution in [3.8, 4) is 11.9 Å². The van der Waals surface area contributed by atoms with Crippen molar-refractivity contribution in [1.82, 2.24) is 29.7 Å². The van der Waals surface area contributed by atoms with Crippen LogP contribution in [-0.2, 0) is 6.18 Å². The lowest BCUT2D eigenvalue weighted by Gasteiger charge is -2.20. The number of para-hydroxylation sites is 1. The van der Waals surface area contributed by atoms with E-state index < -0.39 is 28.9 Å². The SMILES string of the molecule is C[C@H](Nc1nc(N)nc(N)c1C#N)c1nc2c(C(F)(F)F)cccc2c(=O)n1-c1ccn[nH]1. The summed E-state index contributed by atoms with van der Waals surface area (Å²) in [5.74, 6) is -0.398. The molecule has 0 spiro atoms. The zero-order chi connectivity index (χ0) is 23.9. The minimum absolute atomic E-state index is 0.0652. The molecule has 0 saturated carbocycles. The number of nitrogens with zero attached hydrogens (tertiary/aromatic N) is 6. The Labute approximate surface area is 182 Å². The number of fused-ring (bicyclic) bond motifs is 1. The van der Waals surface area contributed by atoms with E-state index >= 15 is 0 Å². The van der Waals surface area contributed by atoms with Gasteiger partial charge in [0.25, 0.3) is 5.56 Å². The Bertz CT molecular complexity index is 1450. The highest BCUT2D eigenvalue weighted by molar-refractivity contribution is 5.82. The summed E-state index contributed by atoms with van der Waals surface area (Å²) in [5, 5.41) is 18.4. The monoisotopic (exact) mass is 456 g/mol. The van der Waals surface area contributed by atoms with E-state index in [1.54, 1.807) is 0 Å². The molecule has 1 atom stereocenters. The van der Waals surface area contributed by atoms with Gasteiger partial charge in [0.1, 0.15) is 29.1 Å². The summed E-state index contributed by atoms with van der Waals surface area (Å²) in [5.41, 5.74) is 8.88. The van der Waals surface area contributed by atoms with Crippen LogP contribution in [0.4, 0.5) is 30.8 Å². The zero-order valence-corrected chi connectivity index (χ0v) is 16.8. The van der Waals surface area contributed by atoms with Gasteiger partial charge in [-0.1, -0.05) is 6.07 Å². The lowest BCUT2D eigenvalue weighted by molar-refractivity contribution is -0.136. The van der Waals surface area contributed by atoms with E-state index in [1.165, 1.54) is 25.3 Å². The number of aromatic nitrogens is 6. The molecule has 4 rings (SSSR count). The smallest absolute Gasteiger partial charge is 0.382 e. The molecule has 3 aromatic heterocycles. The highest BCUT2D eigenvalue weighted by Crippen LogP contribution is 2.34. The fraction of sp³-hybridized carbons (Fsp3) is 0.158. The molecule has 6 N–H and O–H groups in total. The van der Waals surface area contributed by atoms with Gasteiger partial charge in [0.2, 0.25) is 5.95 Å². The summed E-state index contributed by atoms with van der Waals surface area (Å²) in [6.45, 7) is 1.52. The first-order valence-electron chi connectivity index (χ1n) is 9.34. The van der Waals surface area contributed by atoms with Crippen molar-refractivity contribution in [2.45, 2.75) is 19.1 Å². The average Bonchev–Trinajstić information content (AvgIpc) is 3.26. The Morgan fingerprint density at radius 2 is 1.97 bits per heavy atom. The Kier molecular flexibility index (Phi) is 5.09. The minimum Gasteiger partial charge on any atom is -0.382 e. The number of benzene rings is 1. The van der Waals surface area contributed by atoms with Crippen molar-refractivity contribution in [3.63, 3.8) is 0 Å². The van der Waals surface area contributed by atoms with E-state index in [9.17, 15) is 23.2 Å². The van der Waals surface area contributed by atoms with Gasteiger partial charge in [0.05, 0.1) is 28.7 Å². The number of halogens is 3. The average molecular weight is 456 g/mol. The summed E-state index contributed by atoms with van der Waals surface area (Å²) in [4.78, 5) is 25.1. The Morgan fingerprint density at radius 1 is 1.21 bits per heavy atom. The van der Waals surface area contributed by atoms with Gasteiger partial charge in [-0.05, 0) is 19.1 Å². The van der Waals surface area contributed by atoms with Crippen LogP contribution in [0.1, 0.15) is 29.9 Å². The van der Waals surface area contributed by atoms with E-state index in [0.717, 1.165) is 16.7 Å². The summed E-state index contributed by atoms with van der Waals surface area (Å²) in [7, 11) is 0. The third kappa shape index (κ3) is 3.76. The lowest BCUT2D eigenvalue weighted by atomic mass is 10.1.